The lowest BCUT2D eigenvalue weighted by Crippen LogP contribution is -2.06. The Morgan fingerprint density at radius 2 is 2.29 bits per heavy atom. The molecule has 0 saturated carbocycles. The molecule has 0 fully saturated rings. The Bertz CT molecular complexity index is 655. The fraction of sp³-hybridized carbons (Fsp3) is 0. The highest BCUT2D eigenvalue weighted by Crippen LogP contribution is 2.19. The second kappa shape index (κ2) is 3.79. The molecule has 3 aromatic rings. The number of aromatic nitrogens is 2. The van der Waals surface area contributed by atoms with Gasteiger partial charge in [0.25, 0.3) is 0 Å². The summed E-state index contributed by atoms with van der Waals surface area (Å²) in [5, 5.41) is 7.65. The summed E-state index contributed by atoms with van der Waals surface area (Å²) in [6.07, 6.45) is 3.13. The van der Waals surface area contributed by atoms with Crippen LogP contribution in [0, 0.1) is 0 Å². The lowest BCUT2D eigenvalue weighted by atomic mass is 10.2. The first-order valence-corrected chi connectivity index (χ1v) is 5.02. The number of benzene rings is 1. The fourth-order valence-electron chi connectivity index (χ4n) is 1.53. The van der Waals surface area contributed by atoms with Crippen LogP contribution in [-0.2, 0) is 0 Å². The molecule has 0 aliphatic heterocycles. The second-order valence-corrected chi connectivity index (χ2v) is 3.49. The molecule has 0 spiro atoms. The molecule has 0 aliphatic rings. The molecule has 2 aromatic heterocycles. The van der Waals surface area contributed by atoms with Crippen LogP contribution in [-0.4, -0.2) is 16.2 Å². The van der Waals surface area contributed by atoms with E-state index in [2.05, 4.69) is 10.2 Å². The van der Waals surface area contributed by atoms with Gasteiger partial charge in [0, 0.05) is 11.5 Å². The van der Waals surface area contributed by atoms with Gasteiger partial charge in [0.15, 0.2) is 0 Å². The van der Waals surface area contributed by atoms with Gasteiger partial charge in [-0.15, -0.1) is 0 Å². The number of furan rings is 1. The van der Waals surface area contributed by atoms with Crippen molar-refractivity contribution in [2.24, 2.45) is 0 Å². The van der Waals surface area contributed by atoms with Crippen LogP contribution in [0.5, 0.6) is 5.75 Å². The number of fused-ring (bicyclic) bond motifs is 1. The monoisotopic (exact) mass is 228 g/mol. The molecule has 0 unspecified atom stereocenters. The first-order valence-electron chi connectivity index (χ1n) is 5.02. The van der Waals surface area contributed by atoms with E-state index in [0.29, 0.717) is 5.75 Å². The van der Waals surface area contributed by atoms with Gasteiger partial charge in [0.2, 0.25) is 5.76 Å². The van der Waals surface area contributed by atoms with Crippen molar-refractivity contribution < 1.29 is 13.9 Å². The molecule has 0 amide bonds. The molecule has 1 N–H and O–H groups in total. The van der Waals surface area contributed by atoms with Crippen LogP contribution in [0.15, 0.2) is 47.2 Å². The van der Waals surface area contributed by atoms with Gasteiger partial charge in [-0.3, -0.25) is 5.10 Å². The van der Waals surface area contributed by atoms with Gasteiger partial charge >= 0.3 is 5.97 Å². The van der Waals surface area contributed by atoms with Crippen molar-refractivity contribution in [2.75, 3.05) is 0 Å². The molecule has 1 aromatic carbocycles. The molecular weight excluding hydrogens is 220 g/mol. The summed E-state index contributed by atoms with van der Waals surface area (Å²) in [4.78, 5) is 11.6. The van der Waals surface area contributed by atoms with Gasteiger partial charge < -0.3 is 9.15 Å². The van der Waals surface area contributed by atoms with Crippen LogP contribution in [0.4, 0.5) is 0 Å². The van der Waals surface area contributed by atoms with Crippen molar-refractivity contribution in [3.8, 4) is 5.75 Å². The van der Waals surface area contributed by atoms with Crippen LogP contribution < -0.4 is 4.74 Å². The number of nitrogens with zero attached hydrogens (tertiary/aromatic N) is 1. The van der Waals surface area contributed by atoms with Crippen LogP contribution in [0.1, 0.15) is 10.6 Å². The van der Waals surface area contributed by atoms with E-state index in [0.717, 1.165) is 10.9 Å². The molecule has 5 heteroatoms. The number of hydrogen-bond acceptors (Lipinski definition) is 4. The quantitative estimate of drug-likeness (QED) is 0.540. The largest absolute Gasteiger partial charge is 0.457 e. The second-order valence-electron chi connectivity index (χ2n) is 3.49. The van der Waals surface area contributed by atoms with E-state index in [1.54, 1.807) is 30.5 Å². The van der Waals surface area contributed by atoms with Crippen molar-refractivity contribution in [3.63, 3.8) is 0 Å². The third-order valence-electron chi connectivity index (χ3n) is 2.35. The van der Waals surface area contributed by atoms with Gasteiger partial charge in [0.05, 0.1) is 18.0 Å². The molecule has 0 saturated heterocycles. The van der Waals surface area contributed by atoms with Gasteiger partial charge in [-0.05, 0) is 24.3 Å². The number of H-pyrrole nitrogens is 1. The third kappa shape index (κ3) is 1.78. The maximum atomic E-state index is 11.6. The van der Waals surface area contributed by atoms with Crippen LogP contribution in [0.25, 0.3) is 10.9 Å². The van der Waals surface area contributed by atoms with Crippen LogP contribution in [0.2, 0.25) is 0 Å². The minimum atomic E-state index is -0.520. The maximum Gasteiger partial charge on any atom is 0.379 e. The Hall–Kier alpha value is -2.56. The van der Waals surface area contributed by atoms with Gasteiger partial charge in [0.1, 0.15) is 5.75 Å². The summed E-state index contributed by atoms with van der Waals surface area (Å²) in [6, 6.07) is 8.43. The average Bonchev–Trinajstić information content (AvgIpc) is 2.99. The minimum Gasteiger partial charge on any atom is -0.457 e. The predicted octanol–water partition coefficient (Wildman–Crippen LogP) is 2.38. The minimum absolute atomic E-state index is 0.176. The Labute approximate surface area is 96.0 Å². The highest BCUT2D eigenvalue weighted by molar-refractivity contribution is 5.89. The standard InChI is InChI=1S/C12H8N2O3/c15-12(11-2-1-5-16-11)17-9-4-3-8-7-13-14-10(8)6-9/h1-7H,(H,13,14). The Morgan fingerprint density at radius 3 is 3.12 bits per heavy atom. The molecule has 5 nitrogen and oxygen atoms in total. The van der Waals surface area contributed by atoms with Gasteiger partial charge in [-0.25, -0.2) is 4.79 Å². The molecule has 17 heavy (non-hydrogen) atoms. The number of aromatic amines is 1. The van der Waals surface area contributed by atoms with Crippen molar-refractivity contribution in [1.82, 2.24) is 10.2 Å². The van der Waals surface area contributed by atoms with Crippen molar-refractivity contribution >= 4 is 16.9 Å². The predicted molar refractivity (Wildman–Crippen MR) is 59.8 cm³/mol. The van der Waals surface area contributed by atoms with E-state index in [1.165, 1.54) is 6.26 Å². The number of rotatable bonds is 2. The molecule has 0 aliphatic carbocycles. The Kier molecular flexibility index (Phi) is 2.15. The van der Waals surface area contributed by atoms with E-state index >= 15 is 0 Å². The summed E-state index contributed by atoms with van der Waals surface area (Å²) in [5.41, 5.74) is 0.815. The summed E-state index contributed by atoms with van der Waals surface area (Å²) in [6.45, 7) is 0. The van der Waals surface area contributed by atoms with Gasteiger partial charge in [-0.1, -0.05) is 0 Å². The number of nitrogens with one attached hydrogen (secondary N) is 1. The lowest BCUT2D eigenvalue weighted by molar-refractivity contribution is 0.0701. The number of esters is 1. The highest BCUT2D eigenvalue weighted by Gasteiger charge is 2.11. The third-order valence-corrected chi connectivity index (χ3v) is 2.35. The van der Waals surface area contributed by atoms with E-state index < -0.39 is 5.97 Å². The molecule has 2 heterocycles. The van der Waals surface area contributed by atoms with Crippen molar-refractivity contribution in [3.05, 3.63) is 48.6 Å². The fourth-order valence-corrected chi connectivity index (χ4v) is 1.53. The smallest absolute Gasteiger partial charge is 0.379 e. The zero-order valence-electron chi connectivity index (χ0n) is 8.71. The summed E-state index contributed by atoms with van der Waals surface area (Å²) in [7, 11) is 0. The molecule has 84 valence electrons. The summed E-state index contributed by atoms with van der Waals surface area (Å²) in [5.74, 6) is 0.103. The van der Waals surface area contributed by atoms with E-state index in [1.807, 2.05) is 6.07 Å². The molecule has 3 rings (SSSR count). The molecular formula is C12H8N2O3. The molecule has 0 bridgehead atoms. The van der Waals surface area contributed by atoms with Crippen molar-refractivity contribution in [2.45, 2.75) is 0 Å². The van der Waals surface area contributed by atoms with E-state index in [-0.39, 0.29) is 5.76 Å². The maximum absolute atomic E-state index is 11.6. The van der Waals surface area contributed by atoms with Crippen molar-refractivity contribution in [1.29, 1.82) is 0 Å². The SMILES string of the molecule is O=C(Oc1ccc2cn[nH]c2c1)c1ccco1. The van der Waals surface area contributed by atoms with Crippen LogP contribution >= 0.6 is 0 Å². The topological polar surface area (TPSA) is 68.1 Å². The van der Waals surface area contributed by atoms with Gasteiger partial charge in [-0.2, -0.15) is 5.10 Å². The molecule has 0 atom stereocenters. The van der Waals surface area contributed by atoms with E-state index in [9.17, 15) is 4.79 Å². The summed E-state index contributed by atoms with van der Waals surface area (Å²) < 4.78 is 10.1. The van der Waals surface area contributed by atoms with Crippen LogP contribution in [0.3, 0.4) is 0 Å². The lowest BCUT2D eigenvalue weighted by Gasteiger charge is -2.01. The average molecular weight is 228 g/mol. The Balaban J connectivity index is 1.87. The first-order chi connectivity index (χ1) is 8.33. The number of carbonyl (C=O) groups excluding carboxylic acids is 1. The molecule has 0 radical (unpaired) electrons. The number of carbonyl (C=O) groups is 1. The first kappa shape index (κ1) is 9.65. The number of ether oxygens (including phenoxy) is 1. The zero-order chi connectivity index (χ0) is 11.7. The zero-order valence-corrected chi connectivity index (χ0v) is 8.71. The Morgan fingerprint density at radius 1 is 1.35 bits per heavy atom. The van der Waals surface area contributed by atoms with E-state index in [4.69, 9.17) is 9.15 Å². The summed E-state index contributed by atoms with van der Waals surface area (Å²) >= 11 is 0. The number of hydrogen-bond donors (Lipinski definition) is 1. The normalized spacial score (nSPS) is 10.6. The highest BCUT2D eigenvalue weighted by atomic mass is 16.5.